The Bertz CT molecular complexity index is 4380. The van der Waals surface area contributed by atoms with E-state index in [1.807, 2.05) is 90.1 Å². The molecule has 3 spiro atoms. The van der Waals surface area contributed by atoms with Crippen molar-refractivity contribution in [1.29, 1.82) is 0 Å². The van der Waals surface area contributed by atoms with E-state index in [2.05, 4.69) is 150 Å². The van der Waals surface area contributed by atoms with Gasteiger partial charge in [-0.3, -0.25) is 53.3 Å². The lowest BCUT2D eigenvalue weighted by Gasteiger charge is -2.48. The number of hydrogen-bond acceptors (Lipinski definition) is 15. The average molecular weight is 1800 g/mol. The highest BCUT2D eigenvalue weighted by molar-refractivity contribution is 6.43. The molecule has 22 nitrogen and oxygen atoms in total. The van der Waals surface area contributed by atoms with Crippen LogP contribution in [0.2, 0.25) is 0 Å². The fourth-order valence-electron chi connectivity index (χ4n) is 19.2. The summed E-state index contributed by atoms with van der Waals surface area (Å²) in [5.74, 6) is 0.232. The van der Waals surface area contributed by atoms with Gasteiger partial charge in [-0.25, -0.2) is 4.79 Å². The molecule has 12 rings (SSSR count). The number of aliphatic imine (C=N–C) groups is 3. The van der Waals surface area contributed by atoms with Gasteiger partial charge >= 0.3 is 23.9 Å². The van der Waals surface area contributed by atoms with Gasteiger partial charge in [-0.1, -0.05) is 168 Å². The molecular formula is C105H164ClN9O13. The van der Waals surface area contributed by atoms with E-state index in [1.165, 1.54) is 0 Å². The molecule has 5 amide bonds. The van der Waals surface area contributed by atoms with Gasteiger partial charge in [0.25, 0.3) is 29.5 Å². The zero-order valence-corrected chi connectivity index (χ0v) is 82.7. The maximum atomic E-state index is 14.2. The second-order valence-corrected chi connectivity index (χ2v) is 46.8. The zero-order chi connectivity index (χ0) is 93.5. The molecule has 6 N–H and O–H groups in total. The number of benzene rings is 3. The molecule has 3 atom stereocenters. The van der Waals surface area contributed by atoms with Gasteiger partial charge in [0.05, 0.1) is 43.0 Å². The molecule has 6 saturated carbocycles. The van der Waals surface area contributed by atoms with Crippen molar-refractivity contribution in [2.45, 2.75) is 393 Å². The molecule has 6 fully saturated rings. The molecule has 0 aromatic heterocycles. The molecule has 0 unspecified atom stereocenters. The topological polar surface area (TPSA) is 309 Å². The predicted molar refractivity (Wildman–Crippen MR) is 515 cm³/mol. The van der Waals surface area contributed by atoms with Crippen molar-refractivity contribution in [3.63, 3.8) is 0 Å². The van der Waals surface area contributed by atoms with Crippen LogP contribution in [0.25, 0.3) is 0 Å². The van der Waals surface area contributed by atoms with Crippen LogP contribution >= 0.6 is 12.4 Å². The molecule has 0 bridgehead atoms. The summed E-state index contributed by atoms with van der Waals surface area (Å²) in [5.41, 5.74) is 10.7. The van der Waals surface area contributed by atoms with E-state index in [1.54, 1.807) is 24.3 Å². The predicted octanol–water partition coefficient (Wildman–Crippen LogP) is 22.6. The van der Waals surface area contributed by atoms with Crippen molar-refractivity contribution in [1.82, 2.24) is 25.3 Å². The van der Waals surface area contributed by atoms with Gasteiger partial charge in [-0.2, -0.15) is 0 Å². The lowest BCUT2D eigenvalue weighted by atomic mass is 9.69. The number of amides is 5. The van der Waals surface area contributed by atoms with Crippen molar-refractivity contribution in [3.8, 4) is 0 Å². The van der Waals surface area contributed by atoms with Crippen LogP contribution in [0.5, 0.6) is 0 Å². The summed E-state index contributed by atoms with van der Waals surface area (Å²) >= 11 is 0. The minimum absolute atomic E-state index is 0. The van der Waals surface area contributed by atoms with E-state index < -0.39 is 34.5 Å². The Kier molecular flexibility index (Phi) is 35.8. The van der Waals surface area contributed by atoms with Crippen molar-refractivity contribution < 1.29 is 62.8 Å². The lowest BCUT2D eigenvalue weighted by molar-refractivity contribution is -0.155. The number of carboxylic acids is 2. The second-order valence-electron chi connectivity index (χ2n) is 46.8. The molecule has 3 aromatic rings. The SMILES string of the molecule is C.CC(C)(C)CC[C@H](c1ccc(C(=O)NCCC(=O)O)cc1)N1C(=O)C(C2CC2)=NC12CCC(C(C)(C)C)CC2.CC(C)(C)CC[C@H](c1ccc(C(=O)NCCC(=O)OC(C)(C)C)cc1)N1C(=O)C(C2CC2)=NC12CCC(C(C)(C)C)CC2.CC(C)(C)CC[C@H](c1ccc(C(=O)O)cc1)N1C(=O)C(C2CC2)=NC12CCC(C(C)(C)C)CC2.CC(C)(C)OC(=O)CCN.Cl. The molecule has 3 aromatic carbocycles. The summed E-state index contributed by atoms with van der Waals surface area (Å²) in [7, 11) is 0. The van der Waals surface area contributed by atoms with Gasteiger partial charge in [0.15, 0.2) is 0 Å². The van der Waals surface area contributed by atoms with Crippen LogP contribution in [-0.4, -0.2) is 143 Å². The highest BCUT2D eigenvalue weighted by Crippen LogP contribution is 2.56. The van der Waals surface area contributed by atoms with Crippen molar-refractivity contribution in [2.75, 3.05) is 19.6 Å². The van der Waals surface area contributed by atoms with Gasteiger partial charge in [0, 0.05) is 48.5 Å². The lowest BCUT2D eigenvalue weighted by Crippen LogP contribution is -2.51. The molecule has 128 heavy (non-hydrogen) atoms. The van der Waals surface area contributed by atoms with Crippen LogP contribution in [0, 0.1) is 68.0 Å². The third kappa shape index (κ3) is 29.8. The summed E-state index contributed by atoms with van der Waals surface area (Å²) in [6.45, 7) is 52.7. The average Bonchev–Trinajstić information content (AvgIpc) is 1.58. The van der Waals surface area contributed by atoms with Crippen LogP contribution in [0.15, 0.2) is 87.8 Å². The first-order chi connectivity index (χ1) is 58.3. The van der Waals surface area contributed by atoms with E-state index in [0.717, 1.165) is 188 Å². The number of rotatable bonds is 26. The number of carbonyl (C=O) groups is 9. The molecule has 714 valence electrons. The highest BCUT2D eigenvalue weighted by atomic mass is 35.5. The van der Waals surface area contributed by atoms with E-state index in [9.17, 15) is 48.3 Å². The quantitative estimate of drug-likeness (QED) is 0.0467. The molecule has 0 radical (unpaired) electrons. The van der Waals surface area contributed by atoms with Gasteiger partial charge < -0.3 is 50.8 Å². The van der Waals surface area contributed by atoms with E-state index in [-0.39, 0.29) is 149 Å². The summed E-state index contributed by atoms with van der Waals surface area (Å²) in [4.78, 5) is 135. The number of hydrogen-bond donors (Lipinski definition) is 5. The number of carbonyl (C=O) groups excluding carboxylic acids is 7. The summed E-state index contributed by atoms with van der Waals surface area (Å²) in [6.07, 6.45) is 24.0. The number of halogens is 1. The van der Waals surface area contributed by atoms with Crippen LogP contribution < -0.4 is 16.4 Å². The first kappa shape index (κ1) is 107. The number of nitrogens with zero attached hydrogens (tertiary/aromatic N) is 6. The fourth-order valence-corrected chi connectivity index (χ4v) is 19.2. The van der Waals surface area contributed by atoms with Crippen molar-refractivity contribution >= 4 is 83.0 Å². The number of nitrogens with one attached hydrogen (secondary N) is 2. The Morgan fingerprint density at radius 2 is 0.648 bits per heavy atom. The Morgan fingerprint density at radius 1 is 0.398 bits per heavy atom. The summed E-state index contributed by atoms with van der Waals surface area (Å²) < 4.78 is 10.3. The molecule has 3 heterocycles. The Hall–Kier alpha value is -7.85. The minimum Gasteiger partial charge on any atom is -0.481 e. The molecule has 6 aliphatic carbocycles. The Labute approximate surface area is 774 Å². The maximum Gasteiger partial charge on any atom is 0.335 e. The van der Waals surface area contributed by atoms with E-state index in [0.29, 0.717) is 59.6 Å². The first-order valence-corrected chi connectivity index (χ1v) is 47.6. The van der Waals surface area contributed by atoms with Crippen LogP contribution in [0.4, 0.5) is 0 Å². The van der Waals surface area contributed by atoms with Crippen LogP contribution in [0.3, 0.4) is 0 Å². The van der Waals surface area contributed by atoms with E-state index >= 15 is 0 Å². The summed E-state index contributed by atoms with van der Waals surface area (Å²) in [5, 5.41) is 23.7. The molecule has 9 aliphatic rings. The first-order valence-electron chi connectivity index (χ1n) is 47.6. The molecular weight excluding hydrogens is 1630 g/mol. The van der Waals surface area contributed by atoms with Gasteiger partial charge in [-0.15, -0.1) is 12.4 Å². The normalized spacial score (nSPS) is 23.4. The number of aromatic carboxylic acids is 1. The summed E-state index contributed by atoms with van der Waals surface area (Å²) in [6, 6.07) is 22.1. The Morgan fingerprint density at radius 3 is 0.867 bits per heavy atom. The number of nitrogens with two attached hydrogens (primary N) is 1. The van der Waals surface area contributed by atoms with E-state index in [4.69, 9.17) is 35.3 Å². The van der Waals surface area contributed by atoms with Crippen LogP contribution in [-0.2, 0) is 38.2 Å². The monoisotopic (exact) mass is 1790 g/mol. The number of ether oxygens (including phenoxy) is 2. The zero-order valence-electron chi connectivity index (χ0n) is 81.9. The number of esters is 2. The third-order valence-electron chi connectivity index (χ3n) is 27.1. The maximum absolute atomic E-state index is 14.2. The highest BCUT2D eigenvalue weighted by Gasteiger charge is 2.59. The minimum atomic E-state index is -0.944. The Balaban J connectivity index is 0.000000248. The van der Waals surface area contributed by atoms with Gasteiger partial charge in [0.1, 0.15) is 45.3 Å². The molecule has 0 saturated heterocycles. The molecule has 3 aliphatic heterocycles. The standard InChI is InChI=1S/C36H55N3O4.C32H47N3O4.C29H42N2O3.C7H15NO2.CH4.ClH/c1-33(2,3)20-18-28(24-10-14-26(15-11-24)31(41)37-23-19-29(40)43-35(7,8)9)39-32(42)30(25-12-13-25)38-36(39)21-16-27(17-22-36)34(4,5)6;1-30(2,3)17-15-25(21-7-11-23(12-8-21)28(38)33-20-16-26(36)37)35-29(39)27(22-9-10-22)34-32(35)18-13-24(14-19-32)31(4,5)6;1-27(2,3)16-15-23(19-7-11-21(12-8-19)26(33)34)31-25(32)24(20-9-10-20)30-29(31)17-13-22(14-18-29)28(4,5)6;1-7(2,3)10-6(9)4-5-8;;/h10-11,14-15,25,27-28H,12-13,16-23H2,1-9H3,(H,37,41);7-8,11-12,22,24-25H,9-10,13-20H2,1-6H3,(H,33,38)(H,36,37);7-8,11-12,20,22-23H,9-10,13-18H2,1-6H3,(H,33,34);4-5,8H2,1-3H3;1H4;1H/t27?,28-,36?;24?,25-,32?;22?,23-,29?;;;/m111.../s1. The fraction of sp³-hybridized carbons (Fsp3) is 0.714. The third-order valence-corrected chi connectivity index (χ3v) is 27.1. The largest absolute Gasteiger partial charge is 0.481 e. The number of aliphatic carboxylic acids is 1. The van der Waals surface area contributed by atoms with Crippen molar-refractivity contribution in [2.24, 2.45) is 88.7 Å². The van der Waals surface area contributed by atoms with Crippen molar-refractivity contribution in [3.05, 3.63) is 106 Å². The number of carboxylic acid groups (broad SMARTS) is 2. The van der Waals surface area contributed by atoms with Gasteiger partial charge in [-0.05, 0) is 299 Å². The smallest absolute Gasteiger partial charge is 0.335 e. The van der Waals surface area contributed by atoms with Crippen LogP contribution in [0.1, 0.15) is 413 Å². The second kappa shape index (κ2) is 42.8. The molecule has 23 heteroatoms. The van der Waals surface area contributed by atoms with Gasteiger partial charge in [0.2, 0.25) is 0 Å².